The van der Waals surface area contributed by atoms with Crippen molar-refractivity contribution in [3.63, 3.8) is 0 Å². The van der Waals surface area contributed by atoms with Crippen LogP contribution in [0.3, 0.4) is 0 Å². The first-order valence-corrected chi connectivity index (χ1v) is 4.70. The van der Waals surface area contributed by atoms with Crippen LogP contribution in [-0.2, 0) is 13.7 Å². The molecule has 6 heteroatoms. The maximum absolute atomic E-state index is 11.8. The number of ketones is 2. The summed E-state index contributed by atoms with van der Waals surface area (Å²) in [5, 5.41) is 18.7. The van der Waals surface area contributed by atoms with Crippen LogP contribution in [-0.4, -0.2) is 26.6 Å². The number of hydrogen-bond acceptors (Lipinski definition) is 4. The molecule has 6 nitrogen and oxygen atoms in total. The summed E-state index contributed by atoms with van der Waals surface area (Å²) in [6.45, 7) is 1.05. The zero-order valence-electron chi connectivity index (χ0n) is 8.89. The first-order chi connectivity index (χ1) is 7.49. The summed E-state index contributed by atoms with van der Waals surface area (Å²) in [7, 11) is 1.51. The normalized spacial score (nSPS) is 15.1. The van der Waals surface area contributed by atoms with Crippen LogP contribution in [0.15, 0.2) is 11.6 Å². The van der Waals surface area contributed by atoms with E-state index in [9.17, 15) is 14.8 Å². The zero-order chi connectivity index (χ0) is 12.0. The van der Waals surface area contributed by atoms with E-state index in [4.69, 9.17) is 5.11 Å². The molecule has 0 saturated carbocycles. The lowest BCUT2D eigenvalue weighted by Gasteiger charge is -2.03. The molecule has 1 heterocycles. The number of aliphatic hydroxyl groups is 1. The van der Waals surface area contributed by atoms with Crippen LogP contribution in [0.2, 0.25) is 0 Å². The fraction of sp³-hybridized carbons (Fsp3) is 0.300. The highest BCUT2D eigenvalue weighted by atomic mass is 16.5. The van der Waals surface area contributed by atoms with Crippen LogP contribution in [0.4, 0.5) is 0 Å². The van der Waals surface area contributed by atoms with Crippen LogP contribution in [0, 0.1) is 0 Å². The molecule has 0 atom stereocenters. The van der Waals surface area contributed by atoms with Crippen molar-refractivity contribution in [3.05, 3.63) is 28.9 Å². The highest BCUT2D eigenvalue weighted by molar-refractivity contribution is 6.22. The van der Waals surface area contributed by atoms with Crippen LogP contribution in [0.25, 0.3) is 0 Å². The Morgan fingerprint density at radius 1 is 1.44 bits per heavy atom. The summed E-state index contributed by atoms with van der Waals surface area (Å²) in [5.74, 6) is -0.667. The van der Waals surface area contributed by atoms with E-state index in [1.165, 1.54) is 24.6 Å². The molecule has 0 aromatic carbocycles. The number of carbonyl (C=O) groups is 2. The minimum Gasteiger partial charge on any atom is -0.384 e. The summed E-state index contributed by atoms with van der Waals surface area (Å²) in [6.07, 6.45) is 1.23. The van der Waals surface area contributed by atoms with Gasteiger partial charge in [-0.25, -0.2) is 4.57 Å². The van der Waals surface area contributed by atoms with Gasteiger partial charge in [0, 0.05) is 5.57 Å². The SMILES string of the molecule is CC1=CC(=O)c2c(n(O)c(CO)[n+]2C)C1=O. The number of fused-ring (bicyclic) bond motifs is 1. The number of aromatic nitrogens is 2. The summed E-state index contributed by atoms with van der Waals surface area (Å²) >= 11 is 0. The highest BCUT2D eigenvalue weighted by Gasteiger charge is 2.40. The van der Waals surface area contributed by atoms with Crippen molar-refractivity contribution in [2.75, 3.05) is 0 Å². The molecule has 1 aliphatic carbocycles. The second-order valence-corrected chi connectivity index (χ2v) is 3.66. The quantitative estimate of drug-likeness (QED) is 0.490. The Morgan fingerprint density at radius 3 is 2.62 bits per heavy atom. The van der Waals surface area contributed by atoms with Gasteiger partial charge in [0.1, 0.15) is 6.61 Å². The number of nitrogens with zero attached hydrogens (tertiary/aromatic N) is 2. The molecule has 84 valence electrons. The van der Waals surface area contributed by atoms with Gasteiger partial charge >= 0.3 is 5.82 Å². The average Bonchev–Trinajstić information content (AvgIpc) is 2.47. The molecule has 0 amide bonds. The standard InChI is InChI=1S/C10H11N2O4/c1-5-3-6(14)8-9(10(5)15)12(16)7(4-13)11(8)2/h3,13,16H,4H2,1-2H3/q+1. The zero-order valence-corrected chi connectivity index (χ0v) is 8.89. The lowest BCUT2D eigenvalue weighted by atomic mass is 9.99. The minimum absolute atomic E-state index is 0.0865. The summed E-state index contributed by atoms with van der Waals surface area (Å²) in [6, 6.07) is 0. The van der Waals surface area contributed by atoms with Crippen LogP contribution < -0.4 is 4.57 Å². The van der Waals surface area contributed by atoms with Gasteiger partial charge in [0.05, 0.1) is 7.05 Å². The number of allylic oxidation sites excluding steroid dienone is 2. The Hall–Kier alpha value is -1.95. The van der Waals surface area contributed by atoms with Gasteiger partial charge in [-0.3, -0.25) is 9.59 Å². The molecule has 2 rings (SSSR count). The Morgan fingerprint density at radius 2 is 2.06 bits per heavy atom. The first-order valence-electron chi connectivity index (χ1n) is 4.70. The smallest absolute Gasteiger partial charge is 0.323 e. The molecule has 1 aromatic heterocycles. The average molecular weight is 223 g/mol. The predicted molar refractivity (Wildman–Crippen MR) is 51.1 cm³/mol. The second-order valence-electron chi connectivity index (χ2n) is 3.66. The Balaban J connectivity index is 2.80. The second kappa shape index (κ2) is 3.28. The van der Waals surface area contributed by atoms with Crippen molar-refractivity contribution in [3.8, 4) is 0 Å². The van der Waals surface area contributed by atoms with E-state index in [-0.39, 0.29) is 28.6 Å². The van der Waals surface area contributed by atoms with Crippen molar-refractivity contribution in [1.29, 1.82) is 0 Å². The van der Waals surface area contributed by atoms with Gasteiger partial charge in [0.25, 0.3) is 5.69 Å². The van der Waals surface area contributed by atoms with E-state index in [2.05, 4.69) is 0 Å². The molecule has 0 aliphatic heterocycles. The van der Waals surface area contributed by atoms with Crippen molar-refractivity contribution in [1.82, 2.24) is 4.73 Å². The minimum atomic E-state index is -0.459. The van der Waals surface area contributed by atoms with Gasteiger partial charge in [0.15, 0.2) is 0 Å². The molecule has 0 bridgehead atoms. The van der Waals surface area contributed by atoms with E-state index >= 15 is 0 Å². The van der Waals surface area contributed by atoms with Gasteiger partial charge in [-0.2, -0.15) is 0 Å². The van der Waals surface area contributed by atoms with Gasteiger partial charge in [-0.05, 0) is 17.7 Å². The van der Waals surface area contributed by atoms with E-state index in [0.717, 1.165) is 0 Å². The Kier molecular flexibility index (Phi) is 2.16. The topological polar surface area (TPSA) is 83.4 Å². The van der Waals surface area contributed by atoms with Gasteiger partial charge in [-0.1, -0.05) is 0 Å². The lowest BCUT2D eigenvalue weighted by molar-refractivity contribution is -0.683. The van der Waals surface area contributed by atoms with Crippen molar-refractivity contribution in [2.24, 2.45) is 7.05 Å². The van der Waals surface area contributed by atoms with Crippen molar-refractivity contribution >= 4 is 11.6 Å². The molecular formula is C10H11N2O4+. The number of carbonyl (C=O) groups excluding carboxylic acids is 2. The fourth-order valence-electron chi connectivity index (χ4n) is 1.84. The molecule has 1 aromatic rings. The van der Waals surface area contributed by atoms with Crippen molar-refractivity contribution < 1.29 is 24.5 Å². The maximum atomic E-state index is 11.8. The van der Waals surface area contributed by atoms with E-state index < -0.39 is 12.4 Å². The molecule has 16 heavy (non-hydrogen) atoms. The van der Waals surface area contributed by atoms with E-state index in [1.807, 2.05) is 0 Å². The van der Waals surface area contributed by atoms with Gasteiger partial charge in [0.2, 0.25) is 17.3 Å². The third kappa shape index (κ3) is 1.13. The molecule has 0 saturated heterocycles. The Labute approximate surface area is 91.0 Å². The first kappa shape index (κ1) is 10.6. The number of imidazole rings is 1. The molecule has 0 spiro atoms. The summed E-state index contributed by atoms with van der Waals surface area (Å²) in [5.41, 5.74) is 0.286. The van der Waals surface area contributed by atoms with Crippen LogP contribution >= 0.6 is 0 Å². The molecule has 1 aliphatic rings. The largest absolute Gasteiger partial charge is 0.384 e. The number of Topliss-reactive ketones (excluding diaryl/α,β-unsaturated/α-hetero) is 1. The van der Waals surface area contributed by atoms with Crippen LogP contribution in [0.1, 0.15) is 33.7 Å². The number of hydrogen-bond donors (Lipinski definition) is 2. The van der Waals surface area contributed by atoms with E-state index in [0.29, 0.717) is 4.73 Å². The third-order valence-electron chi connectivity index (χ3n) is 2.70. The monoisotopic (exact) mass is 223 g/mol. The lowest BCUT2D eigenvalue weighted by Crippen LogP contribution is -2.39. The van der Waals surface area contributed by atoms with Crippen LogP contribution in [0.5, 0.6) is 0 Å². The fourth-order valence-corrected chi connectivity index (χ4v) is 1.84. The Bertz CT molecular complexity index is 540. The maximum Gasteiger partial charge on any atom is 0.323 e. The predicted octanol–water partition coefficient (Wildman–Crippen LogP) is -0.633. The molecule has 0 radical (unpaired) electrons. The number of rotatable bonds is 1. The summed E-state index contributed by atoms with van der Waals surface area (Å²) in [4.78, 5) is 23.5. The van der Waals surface area contributed by atoms with Crippen molar-refractivity contribution in [2.45, 2.75) is 13.5 Å². The van der Waals surface area contributed by atoms with Gasteiger partial charge < -0.3 is 10.3 Å². The highest BCUT2D eigenvalue weighted by Crippen LogP contribution is 2.19. The molecule has 0 unspecified atom stereocenters. The van der Waals surface area contributed by atoms with E-state index in [1.54, 1.807) is 0 Å². The molecule has 0 fully saturated rings. The number of aliphatic hydroxyl groups excluding tert-OH is 1. The van der Waals surface area contributed by atoms with Gasteiger partial charge in [-0.15, -0.1) is 0 Å². The molecule has 2 N–H and O–H groups in total. The third-order valence-corrected chi connectivity index (χ3v) is 2.70. The molecular weight excluding hydrogens is 212 g/mol. The summed E-state index contributed by atoms with van der Waals surface area (Å²) < 4.78 is 1.89.